The van der Waals surface area contributed by atoms with Gasteiger partial charge in [0, 0.05) is 19.6 Å². The van der Waals surface area contributed by atoms with Gasteiger partial charge in [-0.3, -0.25) is 9.69 Å². The zero-order valence-electron chi connectivity index (χ0n) is 14.1. The Bertz CT molecular complexity index is 457. The maximum absolute atomic E-state index is 12.9. The van der Waals surface area contributed by atoms with Crippen LogP contribution in [0.5, 0.6) is 0 Å². The average molecular weight is 319 g/mol. The minimum Gasteiger partial charge on any atom is -0.464 e. The van der Waals surface area contributed by atoms with Crippen molar-refractivity contribution >= 4 is 5.97 Å². The third kappa shape index (κ3) is 4.04. The second-order valence-corrected chi connectivity index (χ2v) is 6.87. The molecule has 0 aromatic heterocycles. The van der Waals surface area contributed by atoms with Crippen molar-refractivity contribution in [2.45, 2.75) is 44.9 Å². The molecule has 1 heterocycles. The zero-order valence-corrected chi connectivity index (χ0v) is 14.1. The second-order valence-electron chi connectivity index (χ2n) is 6.87. The fourth-order valence-electron chi connectivity index (χ4n) is 3.96. The number of carbonyl (C=O) groups is 1. The summed E-state index contributed by atoms with van der Waals surface area (Å²) in [7, 11) is 0. The van der Waals surface area contributed by atoms with Gasteiger partial charge in [0.25, 0.3) is 0 Å². The molecule has 1 saturated heterocycles. The Balaban J connectivity index is 1.59. The minimum atomic E-state index is -0.375. The van der Waals surface area contributed by atoms with E-state index in [2.05, 4.69) is 23.1 Å². The van der Waals surface area contributed by atoms with Crippen LogP contribution in [0.25, 0.3) is 0 Å². The summed E-state index contributed by atoms with van der Waals surface area (Å²) in [5, 5.41) is 0. The van der Waals surface area contributed by atoms with Crippen molar-refractivity contribution in [1.29, 1.82) is 0 Å². The van der Waals surface area contributed by atoms with Crippen LogP contribution in [0.4, 0.5) is 0 Å². The fraction of sp³-hybridized carbons (Fsp3) is 0.737. The van der Waals surface area contributed by atoms with Crippen molar-refractivity contribution in [3.8, 4) is 0 Å². The Labute approximate surface area is 139 Å². The van der Waals surface area contributed by atoms with E-state index in [0.717, 1.165) is 71.4 Å². The lowest BCUT2D eigenvalue weighted by Gasteiger charge is -2.37. The van der Waals surface area contributed by atoms with Crippen LogP contribution in [-0.4, -0.2) is 50.3 Å². The van der Waals surface area contributed by atoms with Crippen LogP contribution in [0.1, 0.15) is 44.9 Å². The molecule has 2 aliphatic carbocycles. The summed E-state index contributed by atoms with van der Waals surface area (Å²) in [6.45, 7) is 4.77. The van der Waals surface area contributed by atoms with Gasteiger partial charge in [-0.2, -0.15) is 0 Å². The number of esters is 1. The highest BCUT2D eigenvalue weighted by atomic mass is 16.5. The minimum absolute atomic E-state index is 0.00302. The van der Waals surface area contributed by atoms with Gasteiger partial charge in [-0.05, 0) is 31.3 Å². The topological polar surface area (TPSA) is 38.8 Å². The van der Waals surface area contributed by atoms with E-state index in [-0.39, 0.29) is 11.4 Å². The third-order valence-electron chi connectivity index (χ3n) is 5.39. The molecule has 3 aliphatic rings. The molecule has 0 atom stereocenters. The van der Waals surface area contributed by atoms with Gasteiger partial charge in [0.2, 0.25) is 0 Å². The molecule has 4 nitrogen and oxygen atoms in total. The van der Waals surface area contributed by atoms with Crippen molar-refractivity contribution in [2.24, 2.45) is 5.41 Å². The molecule has 0 spiro atoms. The number of hydrogen-bond acceptors (Lipinski definition) is 4. The number of hydrogen-bond donors (Lipinski definition) is 0. The molecule has 1 saturated carbocycles. The van der Waals surface area contributed by atoms with Crippen LogP contribution in [0.3, 0.4) is 0 Å². The van der Waals surface area contributed by atoms with Gasteiger partial charge in [-0.25, -0.2) is 0 Å². The summed E-state index contributed by atoms with van der Waals surface area (Å²) in [6, 6.07) is 0. The molecule has 1 aliphatic heterocycles. The average Bonchev–Trinajstić information content (AvgIpc) is 2.64. The van der Waals surface area contributed by atoms with Gasteiger partial charge in [0.15, 0.2) is 0 Å². The summed E-state index contributed by atoms with van der Waals surface area (Å²) < 4.78 is 11.1. The van der Waals surface area contributed by atoms with E-state index < -0.39 is 0 Å². The summed E-state index contributed by atoms with van der Waals surface area (Å²) in [6.07, 6.45) is 14.1. The summed E-state index contributed by atoms with van der Waals surface area (Å²) >= 11 is 0. The molecular weight excluding hydrogens is 290 g/mol. The van der Waals surface area contributed by atoms with E-state index >= 15 is 0 Å². The quantitative estimate of drug-likeness (QED) is 0.730. The maximum atomic E-state index is 12.9. The van der Waals surface area contributed by atoms with Crippen LogP contribution >= 0.6 is 0 Å². The van der Waals surface area contributed by atoms with E-state index in [1.807, 2.05) is 0 Å². The molecule has 2 fully saturated rings. The van der Waals surface area contributed by atoms with Gasteiger partial charge < -0.3 is 9.47 Å². The highest BCUT2D eigenvalue weighted by molar-refractivity contribution is 5.82. The van der Waals surface area contributed by atoms with Crippen molar-refractivity contribution in [3.63, 3.8) is 0 Å². The van der Waals surface area contributed by atoms with Gasteiger partial charge in [0.1, 0.15) is 6.61 Å². The summed E-state index contributed by atoms with van der Waals surface area (Å²) in [4.78, 5) is 15.2. The predicted octanol–water partition coefficient (Wildman–Crippen LogP) is 3.09. The van der Waals surface area contributed by atoms with Gasteiger partial charge >= 0.3 is 5.97 Å². The van der Waals surface area contributed by atoms with Crippen molar-refractivity contribution < 1.29 is 14.3 Å². The van der Waals surface area contributed by atoms with Crippen LogP contribution < -0.4 is 0 Å². The molecule has 0 bridgehead atoms. The number of carbonyl (C=O) groups excluding carboxylic acids is 1. The zero-order chi connectivity index (χ0) is 16.0. The summed E-state index contributed by atoms with van der Waals surface area (Å²) in [5.74, 6) is 0.00302. The normalized spacial score (nSPS) is 25.0. The first kappa shape index (κ1) is 16.7. The van der Waals surface area contributed by atoms with Crippen LogP contribution in [0.2, 0.25) is 0 Å². The maximum Gasteiger partial charge on any atom is 0.316 e. The Morgan fingerprint density at radius 1 is 1.17 bits per heavy atom. The molecule has 0 aromatic carbocycles. The number of rotatable bonds is 5. The van der Waals surface area contributed by atoms with Crippen molar-refractivity contribution in [1.82, 2.24) is 4.90 Å². The predicted molar refractivity (Wildman–Crippen MR) is 90.2 cm³/mol. The molecule has 128 valence electrons. The molecule has 3 rings (SSSR count). The standard InChI is InChI=1S/C19H29NO3/c21-18(23-16-13-20-11-14-22-15-12-20)19(9-5-2-6-10-19)17-7-3-1-4-8-17/h3,7-8H,1-2,4-6,9-16H2. The third-order valence-corrected chi connectivity index (χ3v) is 5.39. The molecule has 0 unspecified atom stereocenters. The van der Waals surface area contributed by atoms with E-state index in [0.29, 0.717) is 6.61 Å². The Kier molecular flexibility index (Phi) is 5.90. The first-order chi connectivity index (χ1) is 11.3. The lowest BCUT2D eigenvalue weighted by molar-refractivity contribution is -0.155. The lowest BCUT2D eigenvalue weighted by atomic mass is 9.68. The molecule has 23 heavy (non-hydrogen) atoms. The number of allylic oxidation sites excluding steroid dienone is 3. The Morgan fingerprint density at radius 3 is 2.65 bits per heavy atom. The van der Waals surface area contributed by atoms with Crippen LogP contribution in [-0.2, 0) is 14.3 Å². The van der Waals surface area contributed by atoms with E-state index in [1.165, 1.54) is 12.0 Å². The molecular formula is C19H29NO3. The molecule has 0 amide bonds. The van der Waals surface area contributed by atoms with E-state index in [1.54, 1.807) is 0 Å². The number of morpholine rings is 1. The molecule has 0 N–H and O–H groups in total. The Morgan fingerprint density at radius 2 is 1.96 bits per heavy atom. The monoisotopic (exact) mass is 319 g/mol. The molecule has 0 aromatic rings. The first-order valence-electron chi connectivity index (χ1n) is 9.16. The highest BCUT2D eigenvalue weighted by Gasteiger charge is 2.43. The van der Waals surface area contributed by atoms with Gasteiger partial charge in [-0.15, -0.1) is 0 Å². The van der Waals surface area contributed by atoms with Crippen LogP contribution in [0, 0.1) is 5.41 Å². The number of nitrogens with zero attached hydrogens (tertiary/aromatic N) is 1. The highest BCUT2D eigenvalue weighted by Crippen LogP contribution is 2.45. The Hall–Kier alpha value is -1.13. The lowest BCUT2D eigenvalue weighted by Crippen LogP contribution is -2.41. The van der Waals surface area contributed by atoms with E-state index in [4.69, 9.17) is 9.47 Å². The second kappa shape index (κ2) is 8.11. The smallest absolute Gasteiger partial charge is 0.316 e. The van der Waals surface area contributed by atoms with Crippen molar-refractivity contribution in [3.05, 3.63) is 23.8 Å². The van der Waals surface area contributed by atoms with Gasteiger partial charge in [0.05, 0.1) is 18.6 Å². The largest absolute Gasteiger partial charge is 0.464 e. The van der Waals surface area contributed by atoms with Gasteiger partial charge in [-0.1, -0.05) is 37.5 Å². The fourth-order valence-corrected chi connectivity index (χ4v) is 3.96. The van der Waals surface area contributed by atoms with Crippen LogP contribution in [0.15, 0.2) is 23.8 Å². The SMILES string of the molecule is O=C(OCCN1CCOCC1)C1(C2=CCCC=C2)CCCCC1. The first-order valence-corrected chi connectivity index (χ1v) is 9.16. The van der Waals surface area contributed by atoms with E-state index in [9.17, 15) is 4.79 Å². The van der Waals surface area contributed by atoms with Crippen molar-refractivity contribution in [2.75, 3.05) is 39.5 Å². The summed E-state index contributed by atoms with van der Waals surface area (Å²) in [5.41, 5.74) is 0.833. The molecule has 0 radical (unpaired) electrons. The number of ether oxygens (including phenoxy) is 2. The molecule has 4 heteroatoms.